The van der Waals surface area contributed by atoms with Crippen LogP contribution >= 0.6 is 11.3 Å². The zero-order valence-corrected chi connectivity index (χ0v) is 10.8. The van der Waals surface area contributed by atoms with Crippen molar-refractivity contribution in [3.05, 3.63) is 17.3 Å². The predicted octanol–water partition coefficient (Wildman–Crippen LogP) is 1.68. The first-order valence-electron chi connectivity index (χ1n) is 5.18. The Morgan fingerprint density at radius 2 is 2.18 bits per heavy atom. The zero-order valence-electron chi connectivity index (χ0n) is 9.94. The summed E-state index contributed by atoms with van der Waals surface area (Å²) in [6, 6.07) is 0. The van der Waals surface area contributed by atoms with Crippen LogP contribution in [-0.4, -0.2) is 21.4 Å². The molecule has 3 N–H and O–H groups in total. The molecule has 0 bridgehead atoms. The summed E-state index contributed by atoms with van der Waals surface area (Å²) in [7, 11) is 0. The lowest BCUT2D eigenvalue weighted by molar-refractivity contribution is -0.121. The number of carbonyl (C=O) groups is 1. The molecule has 0 fully saturated rings. The molecule has 1 amide bonds. The molecule has 2 aromatic heterocycles. The second kappa shape index (κ2) is 3.96. The molecule has 2 heterocycles. The summed E-state index contributed by atoms with van der Waals surface area (Å²) in [4.78, 5) is 19.7. The number of anilines is 1. The van der Waals surface area contributed by atoms with Gasteiger partial charge >= 0.3 is 0 Å². The molecule has 0 saturated carbocycles. The first-order chi connectivity index (χ1) is 7.92. The van der Waals surface area contributed by atoms with Gasteiger partial charge in [0.05, 0.1) is 10.2 Å². The van der Waals surface area contributed by atoms with Gasteiger partial charge in [0.25, 0.3) is 0 Å². The van der Waals surface area contributed by atoms with Crippen LogP contribution in [-0.2, 0) is 4.79 Å². The number of carbonyl (C=O) groups excluding carboxylic acids is 1. The molecule has 0 aliphatic carbocycles. The maximum atomic E-state index is 11.3. The molecular weight excluding hydrogens is 236 g/mol. The van der Waals surface area contributed by atoms with Gasteiger partial charge in [0.1, 0.15) is 17.7 Å². The number of fused-ring (bicyclic) bond motifs is 1. The van der Waals surface area contributed by atoms with Crippen LogP contribution in [0.25, 0.3) is 10.2 Å². The molecule has 0 saturated heterocycles. The van der Waals surface area contributed by atoms with Crippen LogP contribution < -0.4 is 11.1 Å². The van der Waals surface area contributed by atoms with Gasteiger partial charge in [-0.15, -0.1) is 11.3 Å². The number of primary amides is 1. The molecule has 0 unspecified atom stereocenters. The Balaban J connectivity index is 2.46. The number of rotatable bonds is 3. The van der Waals surface area contributed by atoms with Gasteiger partial charge in [-0.1, -0.05) is 0 Å². The highest BCUT2D eigenvalue weighted by Crippen LogP contribution is 2.29. The monoisotopic (exact) mass is 250 g/mol. The smallest absolute Gasteiger partial charge is 0.242 e. The highest BCUT2D eigenvalue weighted by Gasteiger charge is 2.26. The highest BCUT2D eigenvalue weighted by atomic mass is 32.1. The van der Waals surface area contributed by atoms with Gasteiger partial charge < -0.3 is 11.1 Å². The third kappa shape index (κ3) is 2.08. The second-order valence-electron chi connectivity index (χ2n) is 4.43. The minimum Gasteiger partial charge on any atom is -0.368 e. The van der Waals surface area contributed by atoms with E-state index in [9.17, 15) is 4.79 Å². The average molecular weight is 250 g/mol. The molecule has 0 atom stereocenters. The van der Waals surface area contributed by atoms with Crippen molar-refractivity contribution in [3.63, 3.8) is 0 Å². The van der Waals surface area contributed by atoms with Crippen molar-refractivity contribution in [1.29, 1.82) is 0 Å². The number of aryl methyl sites for hydroxylation is 1. The molecule has 0 aliphatic heterocycles. The van der Waals surface area contributed by atoms with E-state index >= 15 is 0 Å². The molecule has 90 valence electrons. The summed E-state index contributed by atoms with van der Waals surface area (Å²) in [5.41, 5.74) is 6.51. The van der Waals surface area contributed by atoms with Crippen LogP contribution in [0.2, 0.25) is 0 Å². The van der Waals surface area contributed by atoms with Crippen LogP contribution in [0.3, 0.4) is 0 Å². The number of nitrogens with two attached hydrogens (primary N) is 1. The number of aromatic nitrogens is 2. The van der Waals surface area contributed by atoms with E-state index in [1.807, 2.05) is 12.3 Å². The molecule has 6 heteroatoms. The maximum Gasteiger partial charge on any atom is 0.242 e. The van der Waals surface area contributed by atoms with Gasteiger partial charge in [0.15, 0.2) is 0 Å². The van der Waals surface area contributed by atoms with E-state index in [2.05, 4.69) is 15.3 Å². The summed E-state index contributed by atoms with van der Waals surface area (Å²) < 4.78 is 0.944. The molecule has 17 heavy (non-hydrogen) atoms. The van der Waals surface area contributed by atoms with Crippen molar-refractivity contribution in [1.82, 2.24) is 9.97 Å². The minimum absolute atomic E-state index is 0.419. The van der Waals surface area contributed by atoms with Gasteiger partial charge in [-0.25, -0.2) is 9.97 Å². The molecule has 2 aromatic rings. The van der Waals surface area contributed by atoms with E-state index in [1.54, 1.807) is 25.2 Å². The van der Waals surface area contributed by atoms with Gasteiger partial charge in [-0.3, -0.25) is 4.79 Å². The summed E-state index contributed by atoms with van der Waals surface area (Å²) in [6.07, 6.45) is 1.49. The topological polar surface area (TPSA) is 80.9 Å². The number of nitrogens with zero attached hydrogens (tertiary/aromatic N) is 2. The van der Waals surface area contributed by atoms with Crippen molar-refractivity contribution in [2.45, 2.75) is 26.3 Å². The fourth-order valence-corrected chi connectivity index (χ4v) is 2.36. The van der Waals surface area contributed by atoms with Crippen molar-refractivity contribution in [3.8, 4) is 0 Å². The predicted molar refractivity (Wildman–Crippen MR) is 69.0 cm³/mol. The maximum absolute atomic E-state index is 11.3. The van der Waals surface area contributed by atoms with Crippen molar-refractivity contribution < 1.29 is 4.79 Å². The van der Waals surface area contributed by atoms with E-state index < -0.39 is 11.4 Å². The number of hydrogen-bond donors (Lipinski definition) is 2. The van der Waals surface area contributed by atoms with Crippen LogP contribution in [0.4, 0.5) is 5.82 Å². The first-order valence-corrected chi connectivity index (χ1v) is 6.06. The third-order valence-corrected chi connectivity index (χ3v) is 3.67. The van der Waals surface area contributed by atoms with Gasteiger partial charge in [0.2, 0.25) is 5.91 Å². The Morgan fingerprint density at radius 3 is 2.82 bits per heavy atom. The molecule has 2 rings (SSSR count). The Kier molecular flexibility index (Phi) is 2.74. The first kappa shape index (κ1) is 11.8. The standard InChI is InChI=1S/C11H14N4OS/c1-6-4-17-8-7(6)13-5-14-9(8)15-11(2,3)10(12)16/h4-5H,1-3H3,(H2,12,16)(H,13,14,15). The number of nitrogens with one attached hydrogen (secondary N) is 1. The minimum atomic E-state index is -0.834. The van der Waals surface area contributed by atoms with Crippen molar-refractivity contribution in [2.75, 3.05) is 5.32 Å². The van der Waals surface area contributed by atoms with Crippen LogP contribution in [0, 0.1) is 6.92 Å². The Morgan fingerprint density at radius 1 is 1.47 bits per heavy atom. The van der Waals surface area contributed by atoms with E-state index in [0.717, 1.165) is 15.8 Å². The molecule has 0 spiro atoms. The van der Waals surface area contributed by atoms with E-state index in [4.69, 9.17) is 5.73 Å². The summed E-state index contributed by atoms with van der Waals surface area (Å²) in [6.45, 7) is 5.45. The Hall–Kier alpha value is -1.69. The zero-order chi connectivity index (χ0) is 12.6. The van der Waals surface area contributed by atoms with Crippen molar-refractivity contribution in [2.24, 2.45) is 5.73 Å². The lowest BCUT2D eigenvalue weighted by Crippen LogP contribution is -2.45. The summed E-state index contributed by atoms with van der Waals surface area (Å²) >= 11 is 1.55. The highest BCUT2D eigenvalue weighted by molar-refractivity contribution is 7.18. The SMILES string of the molecule is Cc1csc2c(NC(C)(C)C(N)=O)ncnc12. The van der Waals surface area contributed by atoms with Crippen LogP contribution in [0.1, 0.15) is 19.4 Å². The summed E-state index contributed by atoms with van der Waals surface area (Å²) in [5, 5.41) is 5.07. The second-order valence-corrected chi connectivity index (χ2v) is 5.31. The average Bonchev–Trinajstić information content (AvgIpc) is 2.61. The Bertz CT molecular complexity index is 576. The fourth-order valence-electron chi connectivity index (χ4n) is 1.42. The van der Waals surface area contributed by atoms with E-state index in [1.165, 1.54) is 6.33 Å². The molecular formula is C11H14N4OS. The number of amides is 1. The lowest BCUT2D eigenvalue weighted by atomic mass is 10.1. The number of thiophene rings is 1. The van der Waals surface area contributed by atoms with Crippen molar-refractivity contribution >= 4 is 33.3 Å². The molecule has 0 aliphatic rings. The van der Waals surface area contributed by atoms with E-state index in [0.29, 0.717) is 5.82 Å². The largest absolute Gasteiger partial charge is 0.368 e. The molecule has 0 radical (unpaired) electrons. The molecule has 5 nitrogen and oxygen atoms in total. The van der Waals surface area contributed by atoms with E-state index in [-0.39, 0.29) is 0 Å². The Labute approximate surface area is 103 Å². The van der Waals surface area contributed by atoms with Gasteiger partial charge in [-0.05, 0) is 31.7 Å². The summed E-state index contributed by atoms with van der Waals surface area (Å²) in [5.74, 6) is 0.231. The number of hydrogen-bond acceptors (Lipinski definition) is 5. The van der Waals surface area contributed by atoms with Gasteiger partial charge in [0, 0.05) is 0 Å². The quantitative estimate of drug-likeness (QED) is 0.868. The van der Waals surface area contributed by atoms with Crippen LogP contribution in [0.15, 0.2) is 11.7 Å². The lowest BCUT2D eigenvalue weighted by Gasteiger charge is -2.22. The fraction of sp³-hybridized carbons (Fsp3) is 0.364. The van der Waals surface area contributed by atoms with Gasteiger partial charge in [-0.2, -0.15) is 0 Å². The third-order valence-electron chi connectivity index (χ3n) is 2.58. The normalized spacial score (nSPS) is 11.7. The van der Waals surface area contributed by atoms with Crippen LogP contribution in [0.5, 0.6) is 0 Å². The molecule has 0 aromatic carbocycles.